The van der Waals surface area contributed by atoms with E-state index in [0.29, 0.717) is 16.3 Å². The van der Waals surface area contributed by atoms with Crippen LogP contribution in [0, 0.1) is 0 Å². The van der Waals surface area contributed by atoms with Gasteiger partial charge in [-0.2, -0.15) is 0 Å². The van der Waals surface area contributed by atoms with E-state index in [-0.39, 0.29) is 0 Å². The molecule has 0 bridgehead atoms. The molecule has 0 N–H and O–H groups in total. The monoisotopic (exact) mass is 520 g/mol. The lowest BCUT2D eigenvalue weighted by molar-refractivity contribution is 0.0734. The zero-order chi connectivity index (χ0) is 26.3. The zero-order valence-electron chi connectivity index (χ0n) is 22.4. The fourth-order valence-electron chi connectivity index (χ4n) is 4.32. The highest BCUT2D eigenvalue weighted by Gasteiger charge is 2.12. The molecule has 4 heteroatoms. The zero-order valence-corrected chi connectivity index (χ0v) is 23.2. The second-order valence-corrected chi connectivity index (χ2v) is 10.1. The minimum Gasteiger partial charge on any atom is -0.494 e. The van der Waals surface area contributed by atoms with E-state index in [0.717, 1.165) is 48.3 Å². The van der Waals surface area contributed by atoms with Gasteiger partial charge in [-0.25, -0.2) is 4.79 Å². The van der Waals surface area contributed by atoms with E-state index < -0.39 is 5.97 Å². The van der Waals surface area contributed by atoms with Crippen LogP contribution in [0.25, 0.3) is 11.1 Å². The first-order chi connectivity index (χ1) is 18.1. The van der Waals surface area contributed by atoms with Crippen molar-refractivity contribution >= 4 is 17.6 Å². The maximum Gasteiger partial charge on any atom is 0.343 e. The van der Waals surface area contributed by atoms with Crippen molar-refractivity contribution in [1.29, 1.82) is 0 Å². The number of carbonyl (C=O) groups is 1. The van der Waals surface area contributed by atoms with Gasteiger partial charge in [0.05, 0.1) is 12.2 Å². The van der Waals surface area contributed by atoms with Gasteiger partial charge >= 0.3 is 5.97 Å². The molecule has 3 aromatic rings. The largest absolute Gasteiger partial charge is 0.494 e. The van der Waals surface area contributed by atoms with Crippen molar-refractivity contribution in [3.8, 4) is 22.6 Å². The molecule has 0 aliphatic rings. The minimum atomic E-state index is -0.402. The van der Waals surface area contributed by atoms with E-state index in [1.54, 1.807) is 12.1 Å². The molecule has 0 saturated heterocycles. The van der Waals surface area contributed by atoms with Crippen molar-refractivity contribution in [3.05, 3.63) is 82.9 Å². The normalized spacial score (nSPS) is 10.9. The molecular formula is C33H41ClO3. The smallest absolute Gasteiger partial charge is 0.343 e. The fourth-order valence-corrected chi connectivity index (χ4v) is 4.59. The van der Waals surface area contributed by atoms with Crippen LogP contribution in [0.15, 0.2) is 66.7 Å². The number of hydrogen-bond acceptors (Lipinski definition) is 3. The Balaban J connectivity index is 1.48. The van der Waals surface area contributed by atoms with Crippen LogP contribution in [0.3, 0.4) is 0 Å². The van der Waals surface area contributed by atoms with E-state index in [1.807, 2.05) is 42.5 Å². The van der Waals surface area contributed by atoms with Crippen molar-refractivity contribution in [2.75, 3.05) is 6.61 Å². The summed E-state index contributed by atoms with van der Waals surface area (Å²) < 4.78 is 11.5. The molecule has 0 atom stereocenters. The Hall–Kier alpha value is -2.78. The number of esters is 1. The van der Waals surface area contributed by atoms with Gasteiger partial charge in [0.25, 0.3) is 0 Å². The minimum absolute atomic E-state index is 0.402. The second kappa shape index (κ2) is 16.1. The second-order valence-electron chi connectivity index (χ2n) is 9.67. The van der Waals surface area contributed by atoms with Gasteiger partial charge in [0.2, 0.25) is 0 Å². The Kier molecular flexibility index (Phi) is 12.6. The van der Waals surface area contributed by atoms with Crippen LogP contribution in [0.2, 0.25) is 5.02 Å². The molecule has 0 radical (unpaired) electrons. The summed E-state index contributed by atoms with van der Waals surface area (Å²) in [6.07, 6.45) is 13.2. The topological polar surface area (TPSA) is 35.5 Å². The molecule has 0 amide bonds. The first-order valence-corrected chi connectivity index (χ1v) is 14.3. The van der Waals surface area contributed by atoms with Gasteiger partial charge in [0.15, 0.2) is 0 Å². The third-order valence-electron chi connectivity index (χ3n) is 6.61. The highest BCUT2D eigenvalue weighted by Crippen LogP contribution is 2.26. The number of ether oxygens (including phenoxy) is 2. The molecule has 0 spiro atoms. The Morgan fingerprint density at radius 1 is 0.676 bits per heavy atom. The lowest BCUT2D eigenvalue weighted by atomic mass is 10.0. The van der Waals surface area contributed by atoms with Crippen molar-refractivity contribution in [3.63, 3.8) is 0 Å². The fraction of sp³-hybridized carbons (Fsp3) is 0.424. The maximum absolute atomic E-state index is 12.7. The van der Waals surface area contributed by atoms with Crippen molar-refractivity contribution in [2.45, 2.75) is 84.5 Å². The molecule has 198 valence electrons. The van der Waals surface area contributed by atoms with E-state index in [4.69, 9.17) is 21.1 Å². The van der Waals surface area contributed by atoms with Gasteiger partial charge in [-0.1, -0.05) is 107 Å². The van der Waals surface area contributed by atoms with Crippen LogP contribution < -0.4 is 9.47 Å². The molecular weight excluding hydrogens is 480 g/mol. The Bertz CT molecular complexity index is 1070. The summed E-state index contributed by atoms with van der Waals surface area (Å²) in [5.74, 6) is 0.999. The summed E-state index contributed by atoms with van der Waals surface area (Å²) in [5.41, 5.74) is 3.69. The number of aryl methyl sites for hydroxylation is 1. The standard InChI is InChI=1S/C33H41ClO3/c1-3-5-7-9-11-13-28-14-15-29(25-32(28)34)33(35)37-31-22-18-27(19-23-31)26-16-20-30(21-17-26)36-24-12-10-8-6-4-2/h14-23,25H,3-13,24H2,1-2H3. The summed E-state index contributed by atoms with van der Waals surface area (Å²) in [4.78, 5) is 12.7. The molecule has 0 aliphatic carbocycles. The summed E-state index contributed by atoms with van der Waals surface area (Å²) in [5, 5.41) is 0.629. The summed E-state index contributed by atoms with van der Waals surface area (Å²) in [6.45, 7) is 5.20. The molecule has 0 saturated carbocycles. The lowest BCUT2D eigenvalue weighted by Gasteiger charge is -2.09. The number of hydrogen-bond donors (Lipinski definition) is 0. The molecule has 3 nitrogen and oxygen atoms in total. The molecule has 0 aliphatic heterocycles. The van der Waals surface area contributed by atoms with Crippen LogP contribution in [-0.2, 0) is 6.42 Å². The predicted molar refractivity (Wildman–Crippen MR) is 155 cm³/mol. The summed E-state index contributed by atoms with van der Waals surface area (Å²) in [7, 11) is 0. The Labute approximate surface area is 228 Å². The number of carbonyl (C=O) groups excluding carboxylic acids is 1. The van der Waals surface area contributed by atoms with Gasteiger partial charge < -0.3 is 9.47 Å². The van der Waals surface area contributed by atoms with Crippen LogP contribution in [0.5, 0.6) is 11.5 Å². The highest BCUT2D eigenvalue weighted by molar-refractivity contribution is 6.31. The first kappa shape index (κ1) is 28.8. The van der Waals surface area contributed by atoms with Gasteiger partial charge in [0.1, 0.15) is 11.5 Å². The lowest BCUT2D eigenvalue weighted by Crippen LogP contribution is -2.08. The SMILES string of the molecule is CCCCCCCOc1ccc(-c2ccc(OC(=O)c3ccc(CCCCCCC)c(Cl)c3)cc2)cc1. The number of unbranched alkanes of at least 4 members (excludes halogenated alkanes) is 8. The molecule has 0 unspecified atom stereocenters. The molecule has 0 fully saturated rings. The third-order valence-corrected chi connectivity index (χ3v) is 6.96. The number of benzene rings is 3. The van der Waals surface area contributed by atoms with Crippen molar-refractivity contribution in [1.82, 2.24) is 0 Å². The van der Waals surface area contributed by atoms with E-state index in [2.05, 4.69) is 26.0 Å². The summed E-state index contributed by atoms with van der Waals surface area (Å²) >= 11 is 6.45. The average molecular weight is 521 g/mol. The van der Waals surface area contributed by atoms with E-state index >= 15 is 0 Å². The van der Waals surface area contributed by atoms with Crippen LogP contribution >= 0.6 is 11.6 Å². The first-order valence-electron chi connectivity index (χ1n) is 13.9. The predicted octanol–water partition coefficient (Wildman–Crippen LogP) is 10.1. The van der Waals surface area contributed by atoms with Gasteiger partial charge in [0, 0.05) is 5.02 Å². The molecule has 0 heterocycles. The van der Waals surface area contributed by atoms with Crippen LogP contribution in [0.1, 0.15) is 94.0 Å². The van der Waals surface area contributed by atoms with Gasteiger partial charge in [-0.05, 0) is 72.4 Å². The summed E-state index contributed by atoms with van der Waals surface area (Å²) in [6, 6.07) is 21.2. The average Bonchev–Trinajstić information content (AvgIpc) is 2.92. The van der Waals surface area contributed by atoms with E-state index in [1.165, 1.54) is 51.4 Å². The van der Waals surface area contributed by atoms with Crippen LogP contribution in [-0.4, -0.2) is 12.6 Å². The Morgan fingerprint density at radius 2 is 1.24 bits per heavy atom. The van der Waals surface area contributed by atoms with Crippen molar-refractivity contribution in [2.24, 2.45) is 0 Å². The van der Waals surface area contributed by atoms with Crippen molar-refractivity contribution < 1.29 is 14.3 Å². The molecule has 0 aromatic heterocycles. The molecule has 3 aromatic carbocycles. The van der Waals surface area contributed by atoms with E-state index in [9.17, 15) is 4.79 Å². The third kappa shape index (κ3) is 9.89. The number of rotatable bonds is 16. The van der Waals surface area contributed by atoms with Crippen LogP contribution in [0.4, 0.5) is 0 Å². The maximum atomic E-state index is 12.7. The molecule has 3 rings (SSSR count). The van der Waals surface area contributed by atoms with Gasteiger partial charge in [-0.15, -0.1) is 0 Å². The number of halogens is 1. The molecule has 37 heavy (non-hydrogen) atoms. The highest BCUT2D eigenvalue weighted by atomic mass is 35.5. The quantitative estimate of drug-likeness (QED) is 0.107. The Morgan fingerprint density at radius 3 is 1.84 bits per heavy atom. The van der Waals surface area contributed by atoms with Gasteiger partial charge in [-0.3, -0.25) is 0 Å².